The molecule has 2 N–H and O–H groups in total. The fraction of sp³-hybridized carbons (Fsp3) is 0.450. The van der Waals surface area contributed by atoms with Crippen LogP contribution >= 0.6 is 0 Å². The summed E-state index contributed by atoms with van der Waals surface area (Å²) in [6.07, 6.45) is 0.883. The standard InChI is InChI=1S/C20H28N2O3/c1-14(20(2,3)4)22-19(23)16-8-11-18(21-12-16)25-13-15-6-9-17(24-5)10-7-15/h6-12,14,19,22-23H,13H2,1-5H3. The van der Waals surface area contributed by atoms with Crippen LogP contribution in [-0.4, -0.2) is 23.2 Å². The average Bonchev–Trinajstić information content (AvgIpc) is 2.60. The van der Waals surface area contributed by atoms with E-state index >= 15 is 0 Å². The maximum Gasteiger partial charge on any atom is 0.213 e. The van der Waals surface area contributed by atoms with Crippen LogP contribution in [0.15, 0.2) is 42.6 Å². The van der Waals surface area contributed by atoms with Gasteiger partial charge in [0, 0.05) is 23.9 Å². The van der Waals surface area contributed by atoms with Crippen molar-refractivity contribution < 1.29 is 14.6 Å². The van der Waals surface area contributed by atoms with Crippen molar-refractivity contribution in [3.05, 3.63) is 53.7 Å². The first-order chi connectivity index (χ1) is 11.8. The Morgan fingerprint density at radius 3 is 2.32 bits per heavy atom. The summed E-state index contributed by atoms with van der Waals surface area (Å²) in [6, 6.07) is 11.5. The minimum absolute atomic E-state index is 0.0653. The molecule has 0 saturated heterocycles. The van der Waals surface area contributed by atoms with E-state index in [-0.39, 0.29) is 11.5 Å². The van der Waals surface area contributed by atoms with Crippen molar-refractivity contribution >= 4 is 0 Å². The molecule has 0 aliphatic carbocycles. The van der Waals surface area contributed by atoms with Crippen molar-refractivity contribution in [2.75, 3.05) is 7.11 Å². The second-order valence-corrected chi connectivity index (χ2v) is 7.22. The predicted molar refractivity (Wildman–Crippen MR) is 98.6 cm³/mol. The van der Waals surface area contributed by atoms with E-state index in [1.807, 2.05) is 30.3 Å². The highest BCUT2D eigenvalue weighted by atomic mass is 16.5. The Morgan fingerprint density at radius 2 is 1.80 bits per heavy atom. The number of ether oxygens (including phenoxy) is 2. The molecule has 1 heterocycles. The summed E-state index contributed by atoms with van der Waals surface area (Å²) in [7, 11) is 1.64. The normalized spacial score (nSPS) is 14.0. The van der Waals surface area contributed by atoms with Crippen molar-refractivity contribution in [1.82, 2.24) is 10.3 Å². The molecule has 2 unspecified atom stereocenters. The third kappa shape index (κ3) is 5.73. The number of benzene rings is 1. The second-order valence-electron chi connectivity index (χ2n) is 7.22. The summed E-state index contributed by atoms with van der Waals surface area (Å²) in [6.45, 7) is 8.88. The number of nitrogens with zero attached hydrogens (tertiary/aromatic N) is 1. The Labute approximate surface area is 150 Å². The van der Waals surface area contributed by atoms with E-state index in [0.29, 0.717) is 18.1 Å². The second kappa shape index (κ2) is 8.32. The number of methoxy groups -OCH3 is 1. The van der Waals surface area contributed by atoms with Crippen LogP contribution < -0.4 is 14.8 Å². The van der Waals surface area contributed by atoms with Crippen LogP contribution in [0, 0.1) is 5.41 Å². The zero-order valence-electron chi connectivity index (χ0n) is 15.6. The minimum Gasteiger partial charge on any atom is -0.497 e. The molecule has 0 amide bonds. The molecule has 2 rings (SSSR count). The zero-order valence-corrected chi connectivity index (χ0v) is 15.6. The van der Waals surface area contributed by atoms with Crippen molar-refractivity contribution in [1.29, 1.82) is 0 Å². The lowest BCUT2D eigenvalue weighted by atomic mass is 9.88. The number of hydrogen-bond donors (Lipinski definition) is 2. The molecule has 0 saturated carbocycles. The molecule has 0 radical (unpaired) electrons. The highest BCUT2D eigenvalue weighted by Crippen LogP contribution is 2.22. The van der Waals surface area contributed by atoms with E-state index in [1.54, 1.807) is 19.4 Å². The van der Waals surface area contributed by atoms with Gasteiger partial charge >= 0.3 is 0 Å². The van der Waals surface area contributed by atoms with Gasteiger partial charge in [-0.05, 0) is 36.1 Å². The van der Waals surface area contributed by atoms with Gasteiger partial charge in [-0.25, -0.2) is 4.98 Å². The molecule has 25 heavy (non-hydrogen) atoms. The average molecular weight is 344 g/mol. The molecule has 1 aromatic carbocycles. The highest BCUT2D eigenvalue weighted by molar-refractivity contribution is 5.27. The van der Waals surface area contributed by atoms with Gasteiger partial charge in [0.05, 0.1) is 7.11 Å². The summed E-state index contributed by atoms with van der Waals surface area (Å²) in [5.41, 5.74) is 1.82. The van der Waals surface area contributed by atoms with Gasteiger partial charge in [0.1, 0.15) is 18.6 Å². The van der Waals surface area contributed by atoms with Crippen LogP contribution in [0.3, 0.4) is 0 Å². The van der Waals surface area contributed by atoms with E-state index in [9.17, 15) is 5.11 Å². The van der Waals surface area contributed by atoms with Crippen molar-refractivity contribution in [2.45, 2.75) is 46.6 Å². The van der Waals surface area contributed by atoms with E-state index in [0.717, 1.165) is 11.3 Å². The summed E-state index contributed by atoms with van der Waals surface area (Å²) >= 11 is 0. The fourth-order valence-corrected chi connectivity index (χ4v) is 2.10. The van der Waals surface area contributed by atoms with E-state index in [4.69, 9.17) is 9.47 Å². The molecule has 0 fully saturated rings. The molecule has 0 aliphatic rings. The summed E-state index contributed by atoms with van der Waals surface area (Å²) in [4.78, 5) is 4.27. The van der Waals surface area contributed by atoms with Crippen LogP contribution in [0.4, 0.5) is 0 Å². The zero-order chi connectivity index (χ0) is 18.4. The molecular weight excluding hydrogens is 316 g/mol. The number of hydrogen-bond acceptors (Lipinski definition) is 5. The first-order valence-electron chi connectivity index (χ1n) is 8.45. The molecule has 5 heteroatoms. The van der Waals surface area contributed by atoms with Gasteiger partial charge in [-0.3, -0.25) is 5.32 Å². The van der Waals surface area contributed by atoms with E-state index in [1.165, 1.54) is 0 Å². The molecule has 1 aromatic heterocycles. The maximum atomic E-state index is 10.3. The molecule has 0 aliphatic heterocycles. The first kappa shape index (κ1) is 19.2. The van der Waals surface area contributed by atoms with Gasteiger partial charge in [0.25, 0.3) is 0 Å². The van der Waals surface area contributed by atoms with Crippen molar-refractivity contribution in [3.8, 4) is 11.6 Å². The number of aliphatic hydroxyl groups is 1. The molecule has 2 aromatic rings. The molecular formula is C20H28N2O3. The van der Waals surface area contributed by atoms with Gasteiger partial charge < -0.3 is 14.6 Å². The van der Waals surface area contributed by atoms with Crippen LogP contribution in [0.2, 0.25) is 0 Å². The summed E-state index contributed by atoms with van der Waals surface area (Å²) in [5.74, 6) is 1.34. The quantitative estimate of drug-likeness (QED) is 0.750. The van der Waals surface area contributed by atoms with Gasteiger partial charge in [-0.15, -0.1) is 0 Å². The number of rotatable bonds is 7. The smallest absolute Gasteiger partial charge is 0.213 e. The maximum absolute atomic E-state index is 10.3. The number of nitrogens with one attached hydrogen (secondary N) is 1. The van der Waals surface area contributed by atoms with Crippen LogP contribution in [0.25, 0.3) is 0 Å². The lowest BCUT2D eigenvalue weighted by molar-refractivity contribution is 0.0991. The van der Waals surface area contributed by atoms with Gasteiger partial charge in [-0.1, -0.05) is 32.9 Å². The van der Waals surface area contributed by atoms with E-state index < -0.39 is 6.23 Å². The predicted octanol–water partition coefficient (Wildman–Crippen LogP) is 3.68. The number of pyridine rings is 1. The topological polar surface area (TPSA) is 63.6 Å². The summed E-state index contributed by atoms with van der Waals surface area (Å²) < 4.78 is 10.8. The molecule has 5 nitrogen and oxygen atoms in total. The Kier molecular flexibility index (Phi) is 6.39. The highest BCUT2D eigenvalue weighted by Gasteiger charge is 2.22. The fourth-order valence-electron chi connectivity index (χ4n) is 2.10. The summed E-state index contributed by atoms with van der Waals surface area (Å²) in [5, 5.41) is 13.5. The molecule has 0 spiro atoms. The van der Waals surface area contributed by atoms with E-state index in [2.05, 4.69) is 38.0 Å². The third-order valence-corrected chi connectivity index (χ3v) is 4.33. The molecule has 2 atom stereocenters. The lowest BCUT2D eigenvalue weighted by Gasteiger charge is -2.30. The molecule has 0 bridgehead atoms. The van der Waals surface area contributed by atoms with Crippen LogP contribution in [-0.2, 0) is 6.61 Å². The Balaban J connectivity index is 1.90. The van der Waals surface area contributed by atoms with Crippen LogP contribution in [0.1, 0.15) is 45.0 Å². The van der Waals surface area contributed by atoms with Crippen molar-refractivity contribution in [2.24, 2.45) is 5.41 Å². The van der Waals surface area contributed by atoms with Crippen molar-refractivity contribution in [3.63, 3.8) is 0 Å². The largest absolute Gasteiger partial charge is 0.497 e. The Morgan fingerprint density at radius 1 is 1.12 bits per heavy atom. The monoisotopic (exact) mass is 344 g/mol. The number of aromatic nitrogens is 1. The van der Waals surface area contributed by atoms with Gasteiger partial charge in [-0.2, -0.15) is 0 Å². The lowest BCUT2D eigenvalue weighted by Crippen LogP contribution is -2.39. The van der Waals surface area contributed by atoms with Gasteiger partial charge in [0.15, 0.2) is 0 Å². The Bertz CT molecular complexity index is 648. The first-order valence-corrected chi connectivity index (χ1v) is 8.45. The minimum atomic E-state index is -0.752. The molecule has 136 valence electrons. The van der Waals surface area contributed by atoms with Crippen LogP contribution in [0.5, 0.6) is 11.6 Å². The number of aliphatic hydroxyl groups excluding tert-OH is 1. The van der Waals surface area contributed by atoms with Gasteiger partial charge in [0.2, 0.25) is 5.88 Å². The SMILES string of the molecule is COc1ccc(COc2ccc(C(O)NC(C)C(C)(C)C)cn2)cc1. The Hall–Kier alpha value is -2.11. The third-order valence-electron chi connectivity index (χ3n) is 4.33.